The van der Waals surface area contributed by atoms with Crippen LogP contribution >= 0.6 is 0 Å². The van der Waals surface area contributed by atoms with E-state index in [4.69, 9.17) is 10.2 Å². The van der Waals surface area contributed by atoms with Gasteiger partial charge in [0.05, 0.1) is 11.2 Å². The van der Waals surface area contributed by atoms with E-state index in [0.29, 0.717) is 40.9 Å². The van der Waals surface area contributed by atoms with E-state index in [9.17, 15) is 15.0 Å². The molecule has 0 radical (unpaired) electrons. The smallest absolute Gasteiger partial charge is 0.248 e. The molecular formula is C17H21N5O4. The van der Waals surface area contributed by atoms with Crippen molar-refractivity contribution in [3.63, 3.8) is 0 Å². The molecule has 9 nitrogen and oxygen atoms in total. The Kier molecular flexibility index (Phi) is 4.56. The number of phenolic OH excluding ortho intramolecular Hbond substituents is 1. The van der Waals surface area contributed by atoms with Gasteiger partial charge in [0, 0.05) is 19.0 Å². The van der Waals surface area contributed by atoms with Gasteiger partial charge >= 0.3 is 0 Å². The van der Waals surface area contributed by atoms with Gasteiger partial charge in [0.2, 0.25) is 11.9 Å². The number of fused-ring (bicyclic) bond motifs is 1. The van der Waals surface area contributed by atoms with Crippen molar-refractivity contribution in [2.24, 2.45) is 5.73 Å². The minimum absolute atomic E-state index is 0.105. The highest BCUT2D eigenvalue weighted by Gasteiger charge is 2.22. The Hall–Kier alpha value is -3.07. The largest absolute Gasteiger partial charge is 0.506 e. The van der Waals surface area contributed by atoms with E-state index in [0.717, 1.165) is 6.42 Å². The van der Waals surface area contributed by atoms with Gasteiger partial charge in [-0.1, -0.05) is 6.92 Å². The number of benzene rings is 1. The lowest BCUT2D eigenvalue weighted by Gasteiger charge is -2.14. The summed E-state index contributed by atoms with van der Waals surface area (Å²) in [6, 6.07) is 2.81. The molecule has 1 unspecified atom stereocenters. The number of rotatable bonds is 6. The van der Waals surface area contributed by atoms with Crippen LogP contribution in [0, 0.1) is 13.8 Å². The third-order valence-corrected chi connectivity index (χ3v) is 4.01. The lowest BCUT2D eigenvalue weighted by atomic mass is 10.1. The maximum Gasteiger partial charge on any atom is 0.248 e. The van der Waals surface area contributed by atoms with Gasteiger partial charge in [-0.2, -0.15) is 0 Å². The molecular weight excluding hydrogens is 338 g/mol. The number of hydrogen-bond acceptors (Lipinski definition) is 7. The van der Waals surface area contributed by atoms with E-state index in [1.807, 2.05) is 6.92 Å². The Balaban J connectivity index is 2.06. The first-order valence-corrected chi connectivity index (χ1v) is 8.23. The van der Waals surface area contributed by atoms with Crippen LogP contribution in [0.1, 0.15) is 47.3 Å². The Labute approximate surface area is 149 Å². The second-order valence-electron chi connectivity index (χ2n) is 6.04. The summed E-state index contributed by atoms with van der Waals surface area (Å²) in [6.07, 6.45) is -0.394. The second kappa shape index (κ2) is 6.68. The number of aliphatic hydroxyl groups is 1. The van der Waals surface area contributed by atoms with E-state index < -0.39 is 12.1 Å². The topological polar surface area (TPSA) is 139 Å². The first kappa shape index (κ1) is 17.7. The summed E-state index contributed by atoms with van der Waals surface area (Å²) < 4.78 is 7.16. The third kappa shape index (κ3) is 3.08. The van der Waals surface area contributed by atoms with Gasteiger partial charge in [-0.25, -0.2) is 9.97 Å². The second-order valence-corrected chi connectivity index (χ2v) is 6.04. The summed E-state index contributed by atoms with van der Waals surface area (Å²) in [5.41, 5.74) is 6.87. The summed E-state index contributed by atoms with van der Waals surface area (Å²) >= 11 is 0. The summed E-state index contributed by atoms with van der Waals surface area (Å²) in [4.78, 5) is 20.0. The zero-order chi connectivity index (χ0) is 19.0. The molecule has 0 bridgehead atoms. The standard InChI is InChI=1S/C17H21N5O4/c1-4-5-22-13-11(6-10(15(18)24)7-12(13)23)20-17(22)21-16(25)14-8(2)19-9(3)26-14/h6-7,16,23,25H,4-5H2,1-3H3,(H2,18,24)(H,20,21). The highest BCUT2D eigenvalue weighted by atomic mass is 16.4. The zero-order valence-electron chi connectivity index (χ0n) is 14.8. The lowest BCUT2D eigenvalue weighted by molar-refractivity contribution is 0.1000. The minimum atomic E-state index is -1.17. The average Bonchev–Trinajstić information content (AvgIpc) is 3.07. The van der Waals surface area contributed by atoms with Gasteiger partial charge in [-0.05, 0) is 25.5 Å². The van der Waals surface area contributed by atoms with E-state index >= 15 is 0 Å². The zero-order valence-corrected chi connectivity index (χ0v) is 14.8. The molecule has 3 rings (SSSR count). The van der Waals surface area contributed by atoms with Crippen molar-refractivity contribution in [3.05, 3.63) is 35.0 Å². The van der Waals surface area contributed by atoms with Crippen LogP contribution < -0.4 is 11.1 Å². The van der Waals surface area contributed by atoms with Gasteiger partial charge < -0.3 is 30.2 Å². The molecule has 138 valence electrons. The number of primary amides is 1. The SMILES string of the molecule is CCCn1c(NC(O)c2oc(C)nc2C)nc2cc(C(N)=O)cc(O)c21. The van der Waals surface area contributed by atoms with Crippen LogP contribution in [0.3, 0.4) is 0 Å². The average molecular weight is 359 g/mol. The number of phenols is 1. The molecule has 3 aromatic rings. The summed E-state index contributed by atoms with van der Waals surface area (Å²) in [5, 5.41) is 23.7. The van der Waals surface area contributed by atoms with Gasteiger partial charge in [0.25, 0.3) is 0 Å². The van der Waals surface area contributed by atoms with Crippen molar-refractivity contribution in [1.82, 2.24) is 14.5 Å². The van der Waals surface area contributed by atoms with Crippen molar-refractivity contribution in [3.8, 4) is 5.75 Å². The van der Waals surface area contributed by atoms with Gasteiger partial charge in [-0.15, -0.1) is 0 Å². The predicted octanol–water partition coefficient (Wildman–Crippen LogP) is 1.96. The van der Waals surface area contributed by atoms with Crippen molar-refractivity contribution in [2.75, 3.05) is 5.32 Å². The molecule has 1 aromatic carbocycles. The number of oxazole rings is 1. The van der Waals surface area contributed by atoms with Crippen LogP contribution in [0.2, 0.25) is 0 Å². The quantitative estimate of drug-likeness (QED) is 0.493. The number of aryl methyl sites for hydroxylation is 3. The fourth-order valence-corrected chi connectivity index (χ4v) is 2.93. The molecule has 0 fully saturated rings. The van der Waals surface area contributed by atoms with Crippen LogP contribution in [0.15, 0.2) is 16.5 Å². The normalized spacial score (nSPS) is 12.5. The van der Waals surface area contributed by atoms with E-state index in [2.05, 4.69) is 15.3 Å². The first-order chi connectivity index (χ1) is 12.3. The van der Waals surface area contributed by atoms with E-state index in [1.165, 1.54) is 12.1 Å². The number of nitrogens with zero attached hydrogens (tertiary/aromatic N) is 3. The Morgan fingerprint density at radius 2 is 2.12 bits per heavy atom. The summed E-state index contributed by atoms with van der Waals surface area (Å²) in [5.74, 6) is 0.310. The molecule has 9 heteroatoms. The van der Waals surface area contributed by atoms with Crippen LogP contribution in [-0.2, 0) is 6.54 Å². The van der Waals surface area contributed by atoms with Crippen molar-refractivity contribution in [1.29, 1.82) is 0 Å². The fourth-order valence-electron chi connectivity index (χ4n) is 2.93. The Morgan fingerprint density at radius 3 is 2.69 bits per heavy atom. The van der Waals surface area contributed by atoms with Crippen molar-refractivity contribution < 1.29 is 19.4 Å². The maximum atomic E-state index is 11.4. The van der Waals surface area contributed by atoms with Gasteiger partial charge in [0.1, 0.15) is 11.3 Å². The monoisotopic (exact) mass is 359 g/mol. The minimum Gasteiger partial charge on any atom is -0.506 e. The number of hydrogen-bond donors (Lipinski definition) is 4. The van der Waals surface area contributed by atoms with Crippen molar-refractivity contribution in [2.45, 2.75) is 40.0 Å². The molecule has 0 aliphatic rings. The van der Waals surface area contributed by atoms with Crippen molar-refractivity contribution >= 4 is 22.9 Å². The number of carbonyl (C=O) groups excluding carboxylic acids is 1. The molecule has 5 N–H and O–H groups in total. The van der Waals surface area contributed by atoms with Crippen LogP contribution in [0.4, 0.5) is 5.95 Å². The molecule has 0 aliphatic heterocycles. The fraction of sp³-hybridized carbons (Fsp3) is 0.353. The maximum absolute atomic E-state index is 11.4. The molecule has 0 aliphatic carbocycles. The molecule has 2 heterocycles. The van der Waals surface area contributed by atoms with Gasteiger partial charge in [0.15, 0.2) is 17.9 Å². The Bertz CT molecular complexity index is 975. The van der Waals surface area contributed by atoms with E-state index in [1.54, 1.807) is 18.4 Å². The summed E-state index contributed by atoms with van der Waals surface area (Å²) in [6.45, 7) is 5.95. The number of aromatic nitrogens is 3. The molecule has 0 spiro atoms. The molecule has 1 atom stereocenters. The number of nitrogens with one attached hydrogen (secondary N) is 1. The van der Waals surface area contributed by atoms with Crippen LogP contribution in [0.5, 0.6) is 5.75 Å². The molecule has 26 heavy (non-hydrogen) atoms. The molecule has 0 saturated carbocycles. The number of aromatic hydroxyl groups is 1. The van der Waals surface area contributed by atoms with Crippen LogP contribution in [0.25, 0.3) is 11.0 Å². The number of nitrogens with two attached hydrogens (primary N) is 1. The number of aliphatic hydroxyl groups excluding tert-OH is 1. The third-order valence-electron chi connectivity index (χ3n) is 4.01. The number of anilines is 1. The van der Waals surface area contributed by atoms with E-state index in [-0.39, 0.29) is 11.3 Å². The highest BCUT2D eigenvalue weighted by Crippen LogP contribution is 2.31. The summed E-state index contributed by atoms with van der Waals surface area (Å²) in [7, 11) is 0. The van der Waals surface area contributed by atoms with Crippen LogP contribution in [-0.4, -0.2) is 30.7 Å². The number of amides is 1. The highest BCUT2D eigenvalue weighted by molar-refractivity contribution is 5.98. The van der Waals surface area contributed by atoms with Gasteiger partial charge in [-0.3, -0.25) is 4.79 Å². The molecule has 1 amide bonds. The lowest BCUT2D eigenvalue weighted by Crippen LogP contribution is -2.14. The molecule has 2 aromatic heterocycles. The number of imidazole rings is 1. The predicted molar refractivity (Wildman–Crippen MR) is 94.8 cm³/mol. The first-order valence-electron chi connectivity index (χ1n) is 8.23. The Morgan fingerprint density at radius 1 is 1.38 bits per heavy atom. The molecule has 0 saturated heterocycles. The number of carbonyl (C=O) groups is 1.